The van der Waals surface area contributed by atoms with Crippen molar-refractivity contribution < 1.29 is 5.11 Å². The minimum absolute atomic E-state index is 0.357. The van der Waals surface area contributed by atoms with Gasteiger partial charge in [0.2, 0.25) is 5.95 Å². The molecule has 1 aliphatic carbocycles. The molecule has 1 saturated heterocycles. The van der Waals surface area contributed by atoms with Crippen LogP contribution in [-0.2, 0) is 0 Å². The minimum atomic E-state index is -0.448. The predicted octanol–water partition coefficient (Wildman–Crippen LogP) is 2.41. The van der Waals surface area contributed by atoms with Crippen LogP contribution in [0.5, 0.6) is 0 Å². The first-order chi connectivity index (χ1) is 9.62. The Hall–Kier alpha value is -0.880. The maximum Gasteiger partial charge on any atom is 0.227 e. The Labute approximate surface area is 127 Å². The number of hydrogen-bond donors (Lipinski definition) is 2. The first-order valence-corrected chi connectivity index (χ1v) is 8.09. The third-order valence-electron chi connectivity index (χ3n) is 4.68. The van der Waals surface area contributed by atoms with Crippen molar-refractivity contribution >= 4 is 27.7 Å². The van der Waals surface area contributed by atoms with E-state index in [2.05, 4.69) is 36.1 Å². The lowest BCUT2D eigenvalue weighted by Gasteiger charge is -2.47. The van der Waals surface area contributed by atoms with Crippen molar-refractivity contribution in [3.63, 3.8) is 0 Å². The van der Waals surface area contributed by atoms with E-state index < -0.39 is 5.60 Å². The first kappa shape index (κ1) is 14.1. The number of fused-ring (bicyclic) bond motifs is 1. The van der Waals surface area contributed by atoms with Crippen molar-refractivity contribution in [3.8, 4) is 0 Å². The van der Waals surface area contributed by atoms with E-state index in [9.17, 15) is 5.11 Å². The summed E-state index contributed by atoms with van der Waals surface area (Å²) in [4.78, 5) is 11.2. The first-order valence-electron chi connectivity index (χ1n) is 7.30. The van der Waals surface area contributed by atoms with Crippen LogP contribution in [0.2, 0.25) is 0 Å². The van der Waals surface area contributed by atoms with Crippen LogP contribution in [0.15, 0.2) is 10.7 Å². The van der Waals surface area contributed by atoms with Gasteiger partial charge in [-0.15, -0.1) is 0 Å². The van der Waals surface area contributed by atoms with Crippen LogP contribution < -0.4 is 10.2 Å². The average molecular weight is 341 g/mol. The molecule has 2 fully saturated rings. The molecule has 0 bridgehead atoms. The third-order valence-corrected chi connectivity index (χ3v) is 5.26. The van der Waals surface area contributed by atoms with Crippen LogP contribution in [0.25, 0.3) is 0 Å². The van der Waals surface area contributed by atoms with E-state index in [0.29, 0.717) is 5.92 Å². The Kier molecular flexibility index (Phi) is 3.86. The zero-order valence-corrected chi connectivity index (χ0v) is 13.4. The normalized spacial score (nSPS) is 29.9. The van der Waals surface area contributed by atoms with E-state index in [1.165, 1.54) is 6.42 Å². The van der Waals surface area contributed by atoms with Gasteiger partial charge in [-0.3, -0.25) is 0 Å². The molecule has 2 unspecified atom stereocenters. The second-order valence-corrected chi connectivity index (χ2v) is 6.71. The molecule has 20 heavy (non-hydrogen) atoms. The molecule has 2 aliphatic rings. The third kappa shape index (κ3) is 2.51. The van der Waals surface area contributed by atoms with Crippen molar-refractivity contribution in [2.75, 3.05) is 30.4 Å². The molecule has 1 aliphatic heterocycles. The van der Waals surface area contributed by atoms with Crippen LogP contribution in [0.3, 0.4) is 0 Å². The van der Waals surface area contributed by atoms with Gasteiger partial charge in [-0.2, -0.15) is 4.98 Å². The van der Waals surface area contributed by atoms with Crippen molar-refractivity contribution in [1.29, 1.82) is 0 Å². The Morgan fingerprint density at radius 1 is 1.45 bits per heavy atom. The molecule has 110 valence electrons. The number of aromatic nitrogens is 2. The van der Waals surface area contributed by atoms with Crippen LogP contribution in [0.4, 0.5) is 11.8 Å². The number of anilines is 2. The molecule has 2 N–H and O–H groups in total. The molecule has 0 aromatic carbocycles. The Morgan fingerprint density at radius 3 is 3.10 bits per heavy atom. The van der Waals surface area contributed by atoms with Gasteiger partial charge in [0.1, 0.15) is 5.82 Å². The molecule has 2 atom stereocenters. The van der Waals surface area contributed by atoms with Gasteiger partial charge < -0.3 is 15.3 Å². The Balaban J connectivity index is 1.79. The molecule has 0 radical (unpaired) electrons. The highest BCUT2D eigenvalue weighted by Crippen LogP contribution is 2.40. The summed E-state index contributed by atoms with van der Waals surface area (Å²) in [6, 6.07) is 0. The van der Waals surface area contributed by atoms with E-state index in [0.717, 1.165) is 55.0 Å². The summed E-state index contributed by atoms with van der Waals surface area (Å²) in [5.41, 5.74) is -0.448. The number of nitrogens with zero attached hydrogens (tertiary/aromatic N) is 3. The fourth-order valence-electron chi connectivity index (χ4n) is 3.44. The summed E-state index contributed by atoms with van der Waals surface area (Å²) in [6.45, 7) is 1.69. The lowest BCUT2D eigenvalue weighted by atomic mass is 9.71. The zero-order chi connectivity index (χ0) is 14.2. The highest BCUT2D eigenvalue weighted by Gasteiger charge is 2.43. The van der Waals surface area contributed by atoms with Gasteiger partial charge >= 0.3 is 0 Å². The van der Waals surface area contributed by atoms with Crippen molar-refractivity contribution in [3.05, 3.63) is 10.7 Å². The van der Waals surface area contributed by atoms with Gasteiger partial charge in [0, 0.05) is 32.3 Å². The highest BCUT2D eigenvalue weighted by atomic mass is 79.9. The summed E-state index contributed by atoms with van der Waals surface area (Å²) in [5.74, 6) is 1.92. The lowest BCUT2D eigenvalue weighted by molar-refractivity contribution is -0.0614. The van der Waals surface area contributed by atoms with Gasteiger partial charge in [-0.05, 0) is 35.2 Å². The second-order valence-electron chi connectivity index (χ2n) is 5.86. The van der Waals surface area contributed by atoms with Crippen molar-refractivity contribution in [1.82, 2.24) is 9.97 Å². The van der Waals surface area contributed by atoms with Gasteiger partial charge in [0.25, 0.3) is 0 Å². The Morgan fingerprint density at radius 2 is 2.30 bits per heavy atom. The van der Waals surface area contributed by atoms with E-state index in [1.807, 2.05) is 7.05 Å². The van der Waals surface area contributed by atoms with Gasteiger partial charge in [-0.1, -0.05) is 12.8 Å². The summed E-state index contributed by atoms with van der Waals surface area (Å²) in [7, 11) is 1.85. The van der Waals surface area contributed by atoms with Crippen LogP contribution in [0.1, 0.15) is 32.1 Å². The highest BCUT2D eigenvalue weighted by molar-refractivity contribution is 9.10. The van der Waals surface area contributed by atoms with E-state index >= 15 is 0 Å². The predicted molar refractivity (Wildman–Crippen MR) is 83.0 cm³/mol. The standard InChI is InChI=1S/C14H21BrN4O/c1-16-12-11(15)8-17-13(18-12)19-7-6-14(20)5-3-2-4-10(14)9-19/h8,10,20H,2-7,9H2,1H3,(H,16,17,18). The second kappa shape index (κ2) is 5.48. The number of nitrogens with one attached hydrogen (secondary N) is 1. The smallest absolute Gasteiger partial charge is 0.227 e. The monoisotopic (exact) mass is 340 g/mol. The molecule has 2 heterocycles. The quantitative estimate of drug-likeness (QED) is 0.865. The van der Waals surface area contributed by atoms with Crippen molar-refractivity contribution in [2.24, 2.45) is 5.92 Å². The summed E-state index contributed by atoms with van der Waals surface area (Å²) in [5, 5.41) is 13.8. The number of hydrogen-bond acceptors (Lipinski definition) is 5. The fourth-order valence-corrected chi connectivity index (χ4v) is 3.83. The average Bonchev–Trinajstić information content (AvgIpc) is 2.47. The molecule has 0 spiro atoms. The molecule has 6 heteroatoms. The van der Waals surface area contributed by atoms with Crippen molar-refractivity contribution in [2.45, 2.75) is 37.7 Å². The van der Waals surface area contributed by atoms with E-state index in [4.69, 9.17) is 0 Å². The van der Waals surface area contributed by atoms with E-state index in [-0.39, 0.29) is 0 Å². The minimum Gasteiger partial charge on any atom is -0.389 e. The summed E-state index contributed by atoms with van der Waals surface area (Å²) >= 11 is 3.43. The molecule has 3 rings (SSSR count). The lowest BCUT2D eigenvalue weighted by Crippen LogP contribution is -2.53. The SMILES string of the molecule is CNc1nc(N2CCC3(O)CCCCC3C2)ncc1Br. The topological polar surface area (TPSA) is 61.3 Å². The molecule has 1 saturated carbocycles. The number of aliphatic hydroxyl groups is 1. The van der Waals surface area contributed by atoms with Crippen LogP contribution in [0, 0.1) is 5.92 Å². The molecular weight excluding hydrogens is 320 g/mol. The molecule has 1 aromatic heterocycles. The van der Waals surface area contributed by atoms with E-state index in [1.54, 1.807) is 6.20 Å². The molecular formula is C14H21BrN4O. The molecule has 1 aromatic rings. The molecule has 5 nitrogen and oxygen atoms in total. The summed E-state index contributed by atoms with van der Waals surface area (Å²) in [6.07, 6.45) is 7.06. The van der Waals surface area contributed by atoms with Gasteiger partial charge in [-0.25, -0.2) is 4.98 Å². The van der Waals surface area contributed by atoms with Gasteiger partial charge in [0.15, 0.2) is 0 Å². The molecule has 0 amide bonds. The summed E-state index contributed by atoms with van der Waals surface area (Å²) < 4.78 is 0.870. The maximum atomic E-state index is 10.7. The number of rotatable bonds is 2. The van der Waals surface area contributed by atoms with Crippen LogP contribution in [-0.4, -0.2) is 40.8 Å². The maximum absolute atomic E-state index is 10.7. The largest absolute Gasteiger partial charge is 0.389 e. The zero-order valence-electron chi connectivity index (χ0n) is 11.8. The fraction of sp³-hybridized carbons (Fsp3) is 0.714. The number of piperidine rings is 1. The van der Waals surface area contributed by atoms with Gasteiger partial charge in [0.05, 0.1) is 10.1 Å². The van der Waals surface area contributed by atoms with Crippen LogP contribution >= 0.6 is 15.9 Å². The number of halogens is 1. The Bertz CT molecular complexity index is 498.